The summed E-state index contributed by atoms with van der Waals surface area (Å²) >= 11 is 0. The van der Waals surface area contributed by atoms with Crippen molar-refractivity contribution in [3.63, 3.8) is 0 Å². The molecule has 1 saturated heterocycles. The van der Waals surface area contributed by atoms with Crippen LogP contribution in [0.2, 0.25) is 0 Å². The molecule has 4 atom stereocenters. The van der Waals surface area contributed by atoms with Crippen LogP contribution in [0.3, 0.4) is 0 Å². The fraction of sp³-hybridized carbons (Fsp3) is 0.538. The van der Waals surface area contributed by atoms with Gasteiger partial charge in [0.2, 0.25) is 0 Å². The molecule has 0 aromatic carbocycles. The zero-order chi connectivity index (χ0) is 17.3. The Bertz CT molecular complexity index is 737. The summed E-state index contributed by atoms with van der Waals surface area (Å²) in [4.78, 5) is 23.3. The van der Waals surface area contributed by atoms with Gasteiger partial charge in [-0.05, 0) is 0 Å². The lowest BCUT2D eigenvalue weighted by Gasteiger charge is -2.14. The van der Waals surface area contributed by atoms with Crippen molar-refractivity contribution in [1.82, 2.24) is 19.5 Å². The Morgan fingerprint density at radius 1 is 1.42 bits per heavy atom. The zero-order valence-corrected chi connectivity index (χ0v) is 12.5. The number of ether oxygens (including phenoxy) is 1. The van der Waals surface area contributed by atoms with E-state index in [1.807, 2.05) is 0 Å². The van der Waals surface area contributed by atoms with Gasteiger partial charge in [0.1, 0.15) is 24.7 Å². The average molecular weight is 339 g/mol. The van der Waals surface area contributed by atoms with Crippen LogP contribution in [0.1, 0.15) is 12.6 Å². The van der Waals surface area contributed by atoms with Crippen molar-refractivity contribution < 1.29 is 30.0 Å². The van der Waals surface area contributed by atoms with E-state index in [2.05, 4.69) is 20.3 Å². The Morgan fingerprint density at radius 2 is 2.21 bits per heavy atom. The van der Waals surface area contributed by atoms with Crippen molar-refractivity contribution in [2.45, 2.75) is 30.9 Å². The van der Waals surface area contributed by atoms with Gasteiger partial charge in [-0.15, -0.1) is 0 Å². The Hall–Kier alpha value is -2.34. The highest BCUT2D eigenvalue weighted by Crippen LogP contribution is 2.31. The number of carbonyl (C=O) groups is 1. The third-order valence-corrected chi connectivity index (χ3v) is 3.84. The molecule has 11 heteroatoms. The van der Waals surface area contributed by atoms with Gasteiger partial charge in [0.15, 0.2) is 17.0 Å². The lowest BCUT2D eigenvalue weighted by Crippen LogP contribution is -2.33. The number of imidazole rings is 1. The van der Waals surface area contributed by atoms with Gasteiger partial charge in [-0.1, -0.05) is 0 Å². The second kappa shape index (κ2) is 6.65. The number of fused-ring (bicyclic) bond motifs is 1. The van der Waals surface area contributed by atoms with Crippen molar-refractivity contribution in [3.8, 4) is 0 Å². The number of aromatic nitrogens is 4. The largest absolute Gasteiger partial charge is 0.480 e. The molecule has 3 heterocycles. The molecule has 0 bridgehead atoms. The van der Waals surface area contributed by atoms with Crippen LogP contribution in [0.15, 0.2) is 12.7 Å². The second-order valence-electron chi connectivity index (χ2n) is 5.38. The maximum absolute atomic E-state index is 11.0. The van der Waals surface area contributed by atoms with E-state index in [4.69, 9.17) is 20.1 Å². The lowest BCUT2D eigenvalue weighted by atomic mass is 10.2. The summed E-state index contributed by atoms with van der Waals surface area (Å²) < 4.78 is 7.14. The van der Waals surface area contributed by atoms with E-state index < -0.39 is 37.1 Å². The first-order valence-electron chi connectivity index (χ1n) is 7.27. The summed E-state index contributed by atoms with van der Waals surface area (Å²) in [5.41, 5.74) is 0.688. The molecule has 2 aromatic heterocycles. The van der Waals surface area contributed by atoms with Gasteiger partial charge in [-0.25, -0.2) is 19.7 Å². The SMILES string of the molecule is O=C(O)[C@H](CO)Nc1ncnc2c1ncn2[C@H]1CC(O)[C@@H](CO)O1. The van der Waals surface area contributed by atoms with E-state index in [1.165, 1.54) is 12.7 Å². The first-order chi connectivity index (χ1) is 11.5. The molecular weight excluding hydrogens is 322 g/mol. The first kappa shape index (κ1) is 16.5. The minimum Gasteiger partial charge on any atom is -0.480 e. The molecular formula is C13H17N5O6. The quantitative estimate of drug-likeness (QED) is 0.411. The first-order valence-corrected chi connectivity index (χ1v) is 7.27. The molecule has 24 heavy (non-hydrogen) atoms. The highest BCUT2D eigenvalue weighted by molar-refractivity contribution is 5.86. The molecule has 130 valence electrons. The molecule has 0 amide bonds. The molecule has 1 fully saturated rings. The van der Waals surface area contributed by atoms with Crippen LogP contribution in [-0.2, 0) is 9.53 Å². The minimum absolute atomic E-state index is 0.164. The standard InChI is InChI=1S/C13H17N5O6/c19-2-6(13(22)23)17-11-10-12(15-4-14-11)18(5-16-10)9-1-7(21)8(3-20)24-9/h4-9,19-21H,1-3H2,(H,22,23)(H,14,15,17)/t6-,7?,8+,9+/m0/s1. The maximum atomic E-state index is 11.0. The van der Waals surface area contributed by atoms with Gasteiger partial charge in [-0.3, -0.25) is 4.57 Å². The fourth-order valence-electron chi connectivity index (χ4n) is 2.57. The lowest BCUT2D eigenvalue weighted by molar-refractivity contribution is -0.138. The highest BCUT2D eigenvalue weighted by atomic mass is 16.5. The number of rotatable bonds is 6. The van der Waals surface area contributed by atoms with Gasteiger partial charge in [0, 0.05) is 6.42 Å². The van der Waals surface area contributed by atoms with Crippen LogP contribution in [-0.4, -0.2) is 77.4 Å². The molecule has 0 aliphatic carbocycles. The van der Waals surface area contributed by atoms with Crippen LogP contribution >= 0.6 is 0 Å². The Balaban J connectivity index is 1.91. The number of aliphatic hydroxyl groups is 3. The third kappa shape index (κ3) is 2.89. The van der Waals surface area contributed by atoms with E-state index in [-0.39, 0.29) is 18.8 Å². The van der Waals surface area contributed by atoms with E-state index >= 15 is 0 Å². The van der Waals surface area contributed by atoms with Gasteiger partial charge in [-0.2, -0.15) is 0 Å². The van der Waals surface area contributed by atoms with Gasteiger partial charge in [0.05, 0.1) is 25.6 Å². The number of nitrogens with zero attached hydrogens (tertiary/aromatic N) is 4. The number of hydrogen-bond acceptors (Lipinski definition) is 9. The summed E-state index contributed by atoms with van der Waals surface area (Å²) in [5.74, 6) is -1.06. The second-order valence-corrected chi connectivity index (χ2v) is 5.38. The van der Waals surface area contributed by atoms with Gasteiger partial charge >= 0.3 is 5.97 Å². The number of nitrogens with one attached hydrogen (secondary N) is 1. The van der Waals surface area contributed by atoms with E-state index in [9.17, 15) is 9.90 Å². The molecule has 2 aromatic rings. The molecule has 11 nitrogen and oxygen atoms in total. The minimum atomic E-state index is -1.23. The van der Waals surface area contributed by atoms with Crippen molar-refractivity contribution >= 4 is 23.0 Å². The summed E-state index contributed by atoms with van der Waals surface area (Å²) in [6, 6.07) is -1.23. The monoisotopic (exact) mass is 339 g/mol. The fourth-order valence-corrected chi connectivity index (χ4v) is 2.57. The normalized spacial score (nSPS) is 25.0. The molecule has 0 radical (unpaired) electrons. The summed E-state index contributed by atoms with van der Waals surface area (Å²) in [5, 5.41) is 39.7. The van der Waals surface area contributed by atoms with Crippen LogP contribution in [0.25, 0.3) is 11.2 Å². The number of carboxylic acid groups (broad SMARTS) is 1. The number of anilines is 1. The molecule has 0 saturated carbocycles. The van der Waals surface area contributed by atoms with Crippen molar-refractivity contribution in [2.24, 2.45) is 0 Å². The summed E-state index contributed by atoms with van der Waals surface area (Å²) in [7, 11) is 0. The van der Waals surface area contributed by atoms with E-state index in [0.717, 1.165) is 0 Å². The molecule has 5 N–H and O–H groups in total. The number of aliphatic hydroxyl groups excluding tert-OH is 3. The topological polar surface area (TPSA) is 163 Å². The molecule has 1 unspecified atom stereocenters. The number of carboxylic acids is 1. The molecule has 1 aliphatic rings. The van der Waals surface area contributed by atoms with Crippen LogP contribution < -0.4 is 5.32 Å². The van der Waals surface area contributed by atoms with Crippen LogP contribution in [0, 0.1) is 0 Å². The number of hydrogen-bond donors (Lipinski definition) is 5. The van der Waals surface area contributed by atoms with Crippen LogP contribution in [0.4, 0.5) is 5.82 Å². The van der Waals surface area contributed by atoms with Crippen molar-refractivity contribution in [3.05, 3.63) is 12.7 Å². The Kier molecular flexibility index (Phi) is 4.57. The number of aliphatic carboxylic acids is 1. The predicted molar refractivity (Wildman–Crippen MR) is 79.1 cm³/mol. The Morgan fingerprint density at radius 3 is 2.83 bits per heavy atom. The van der Waals surface area contributed by atoms with Crippen molar-refractivity contribution in [1.29, 1.82) is 0 Å². The van der Waals surface area contributed by atoms with Gasteiger partial charge < -0.3 is 30.5 Å². The third-order valence-electron chi connectivity index (χ3n) is 3.84. The van der Waals surface area contributed by atoms with E-state index in [1.54, 1.807) is 4.57 Å². The molecule has 0 spiro atoms. The molecule has 3 rings (SSSR count). The smallest absolute Gasteiger partial charge is 0.328 e. The molecule has 1 aliphatic heterocycles. The Labute approximate surface area is 135 Å². The zero-order valence-electron chi connectivity index (χ0n) is 12.5. The summed E-state index contributed by atoms with van der Waals surface area (Å²) in [6.07, 6.45) is 0.890. The predicted octanol–water partition coefficient (Wildman–Crippen LogP) is -1.68. The maximum Gasteiger partial charge on any atom is 0.328 e. The van der Waals surface area contributed by atoms with Crippen LogP contribution in [0.5, 0.6) is 0 Å². The average Bonchev–Trinajstić information content (AvgIpc) is 3.15. The van der Waals surface area contributed by atoms with Gasteiger partial charge in [0.25, 0.3) is 0 Å². The van der Waals surface area contributed by atoms with E-state index in [0.29, 0.717) is 11.2 Å². The highest BCUT2D eigenvalue weighted by Gasteiger charge is 2.35. The van der Waals surface area contributed by atoms with Crippen molar-refractivity contribution in [2.75, 3.05) is 18.5 Å². The summed E-state index contributed by atoms with van der Waals surface area (Å²) in [6.45, 7) is -0.916.